The van der Waals surface area contributed by atoms with Crippen LogP contribution in [0.25, 0.3) is 0 Å². The zero-order valence-electron chi connectivity index (χ0n) is 22.0. The highest BCUT2D eigenvalue weighted by Gasteiger charge is 2.53. The number of benzene rings is 1. The Morgan fingerprint density at radius 1 is 1.08 bits per heavy atom. The van der Waals surface area contributed by atoms with Gasteiger partial charge >= 0.3 is 0 Å². The summed E-state index contributed by atoms with van der Waals surface area (Å²) in [6.07, 6.45) is 9.70. The van der Waals surface area contributed by atoms with Crippen molar-refractivity contribution in [2.24, 2.45) is 23.2 Å². The summed E-state index contributed by atoms with van der Waals surface area (Å²) in [6, 6.07) is 8.00. The molecule has 2 aromatic rings. The van der Waals surface area contributed by atoms with Crippen LogP contribution in [0, 0.1) is 23.2 Å². The number of fused-ring (bicyclic) bond motifs is 1. The highest BCUT2D eigenvalue weighted by Crippen LogP contribution is 2.61. The lowest BCUT2D eigenvalue weighted by Gasteiger charge is -2.58. The van der Waals surface area contributed by atoms with Gasteiger partial charge in [0.15, 0.2) is 0 Å². The van der Waals surface area contributed by atoms with Crippen LogP contribution in [0.2, 0.25) is 0 Å². The van der Waals surface area contributed by atoms with E-state index < -0.39 is 0 Å². The average molecular weight is 489 g/mol. The number of rotatable bonds is 5. The zero-order chi connectivity index (χ0) is 25.1. The van der Waals surface area contributed by atoms with Gasteiger partial charge in [0.25, 0.3) is 5.91 Å². The predicted molar refractivity (Wildman–Crippen MR) is 141 cm³/mol. The van der Waals surface area contributed by atoms with Crippen molar-refractivity contribution in [3.05, 3.63) is 53.0 Å². The third-order valence-electron chi connectivity index (χ3n) is 9.55. The molecule has 2 N–H and O–H groups in total. The summed E-state index contributed by atoms with van der Waals surface area (Å²) in [7, 11) is 0. The zero-order valence-corrected chi connectivity index (χ0v) is 22.0. The Morgan fingerprint density at radius 2 is 1.72 bits per heavy atom. The molecule has 0 radical (unpaired) electrons. The number of nitrogens with one attached hydrogen (secondary N) is 1. The monoisotopic (exact) mass is 488 g/mol. The molecule has 0 saturated heterocycles. The number of carbonyl (C=O) groups excluding carboxylic acids is 1. The van der Waals surface area contributed by atoms with Gasteiger partial charge in [-0.2, -0.15) is 0 Å². The van der Waals surface area contributed by atoms with Crippen molar-refractivity contribution in [3.8, 4) is 0 Å². The summed E-state index contributed by atoms with van der Waals surface area (Å²) >= 11 is 0. The van der Waals surface area contributed by atoms with Crippen molar-refractivity contribution in [3.63, 3.8) is 0 Å². The Kier molecular flexibility index (Phi) is 5.86. The molecule has 5 aliphatic rings. The number of aliphatic hydroxyl groups is 1. The number of carbonyl (C=O) groups is 1. The molecule has 1 amide bonds. The van der Waals surface area contributed by atoms with E-state index in [4.69, 9.17) is 0 Å². The van der Waals surface area contributed by atoms with Gasteiger partial charge in [0.05, 0.1) is 18.3 Å². The van der Waals surface area contributed by atoms with Gasteiger partial charge in [-0.15, -0.1) is 0 Å². The van der Waals surface area contributed by atoms with Gasteiger partial charge in [0.2, 0.25) is 0 Å². The SMILES string of the molecule is CC(C)(C)c1ccc(C(=O)N2CCc3c(ncnc3NCC(O)C34CC5CC(CC(C5)C3)C4)C2)cc1. The topological polar surface area (TPSA) is 78.4 Å². The van der Waals surface area contributed by atoms with Crippen LogP contribution in [0.3, 0.4) is 0 Å². The molecule has 4 aliphatic carbocycles. The first-order chi connectivity index (χ1) is 17.2. The van der Waals surface area contributed by atoms with E-state index in [1.807, 2.05) is 17.0 Å². The summed E-state index contributed by atoms with van der Waals surface area (Å²) in [5.41, 5.74) is 4.10. The first-order valence-corrected chi connectivity index (χ1v) is 13.8. The Balaban J connectivity index is 1.12. The average Bonchev–Trinajstić information content (AvgIpc) is 2.85. The summed E-state index contributed by atoms with van der Waals surface area (Å²) in [5.74, 6) is 3.35. The van der Waals surface area contributed by atoms with Gasteiger partial charge in [-0.1, -0.05) is 32.9 Å². The Labute approximate surface area is 214 Å². The highest BCUT2D eigenvalue weighted by molar-refractivity contribution is 5.94. The second-order valence-electron chi connectivity index (χ2n) is 13.1. The molecular weight excluding hydrogens is 448 g/mol. The molecule has 2 heterocycles. The van der Waals surface area contributed by atoms with Crippen LogP contribution >= 0.6 is 0 Å². The largest absolute Gasteiger partial charge is 0.391 e. The molecule has 1 unspecified atom stereocenters. The number of hydrogen-bond acceptors (Lipinski definition) is 5. The van der Waals surface area contributed by atoms with E-state index in [9.17, 15) is 9.90 Å². The van der Waals surface area contributed by atoms with E-state index in [1.54, 1.807) is 6.33 Å². The van der Waals surface area contributed by atoms with Crippen LogP contribution in [0.4, 0.5) is 5.82 Å². The summed E-state index contributed by atoms with van der Waals surface area (Å²) in [6.45, 7) is 8.21. The van der Waals surface area contributed by atoms with E-state index in [-0.39, 0.29) is 22.8 Å². The molecule has 6 nitrogen and oxygen atoms in total. The predicted octanol–water partition coefficient (Wildman–Crippen LogP) is 4.96. The number of hydrogen-bond donors (Lipinski definition) is 2. The van der Waals surface area contributed by atoms with E-state index >= 15 is 0 Å². The molecule has 6 heteroatoms. The fourth-order valence-electron chi connectivity index (χ4n) is 7.97. The van der Waals surface area contributed by atoms with Crippen LogP contribution in [0.1, 0.15) is 86.5 Å². The molecule has 4 bridgehead atoms. The number of aliphatic hydroxyl groups excluding tert-OH is 1. The van der Waals surface area contributed by atoms with Gasteiger partial charge in [0, 0.05) is 24.2 Å². The summed E-state index contributed by atoms with van der Waals surface area (Å²) in [5, 5.41) is 14.8. The first-order valence-electron chi connectivity index (χ1n) is 13.8. The lowest BCUT2D eigenvalue weighted by Crippen LogP contribution is -2.53. The molecule has 1 aromatic carbocycles. The minimum atomic E-state index is -0.339. The molecule has 0 spiro atoms. The quantitative estimate of drug-likeness (QED) is 0.622. The van der Waals surface area contributed by atoms with Gasteiger partial charge in [-0.3, -0.25) is 4.79 Å². The molecule has 192 valence electrons. The second-order valence-corrected chi connectivity index (χ2v) is 13.1. The maximum absolute atomic E-state index is 13.2. The van der Waals surface area contributed by atoms with Crippen molar-refractivity contribution in [2.45, 2.75) is 83.8 Å². The molecule has 1 atom stereocenters. The second kappa shape index (κ2) is 8.83. The lowest BCUT2D eigenvalue weighted by atomic mass is 9.48. The molecule has 4 fully saturated rings. The molecule has 1 aromatic heterocycles. The Bertz CT molecular complexity index is 1100. The van der Waals surface area contributed by atoms with Crippen molar-refractivity contribution in [2.75, 3.05) is 18.4 Å². The van der Waals surface area contributed by atoms with Crippen LogP contribution < -0.4 is 5.32 Å². The normalized spacial score (nSPS) is 29.7. The van der Waals surface area contributed by atoms with E-state index in [0.717, 1.165) is 46.8 Å². The van der Waals surface area contributed by atoms with Gasteiger partial charge < -0.3 is 15.3 Å². The highest BCUT2D eigenvalue weighted by atomic mass is 16.3. The molecule has 4 saturated carbocycles. The van der Waals surface area contributed by atoms with Crippen LogP contribution in [0.15, 0.2) is 30.6 Å². The van der Waals surface area contributed by atoms with Crippen molar-refractivity contribution < 1.29 is 9.90 Å². The smallest absolute Gasteiger partial charge is 0.254 e. The lowest BCUT2D eigenvalue weighted by molar-refractivity contribution is -0.115. The minimum absolute atomic E-state index is 0.0477. The fourth-order valence-corrected chi connectivity index (χ4v) is 7.97. The number of anilines is 1. The van der Waals surface area contributed by atoms with Crippen LogP contribution in [-0.4, -0.2) is 45.1 Å². The van der Waals surface area contributed by atoms with Crippen LogP contribution in [0.5, 0.6) is 0 Å². The maximum atomic E-state index is 13.2. The van der Waals surface area contributed by atoms with E-state index in [0.29, 0.717) is 19.6 Å². The van der Waals surface area contributed by atoms with Crippen LogP contribution in [-0.2, 0) is 18.4 Å². The minimum Gasteiger partial charge on any atom is -0.391 e. The standard InChI is InChI=1S/C30H40N4O2/c1-29(2,3)23-6-4-22(5-7-23)28(36)34-9-8-24-25(17-34)32-18-33-27(24)31-16-26(35)30-13-19-10-20(14-30)12-21(11-19)15-30/h4-7,18-21,26,35H,8-17H2,1-3H3,(H,31,32,33). The Hall–Kier alpha value is -2.47. The number of nitrogens with zero attached hydrogens (tertiary/aromatic N) is 3. The van der Waals surface area contributed by atoms with Gasteiger partial charge in [-0.25, -0.2) is 9.97 Å². The van der Waals surface area contributed by atoms with Crippen molar-refractivity contribution >= 4 is 11.7 Å². The molecular formula is C30H40N4O2. The third-order valence-corrected chi connectivity index (χ3v) is 9.55. The van der Waals surface area contributed by atoms with Crippen molar-refractivity contribution in [1.29, 1.82) is 0 Å². The fraction of sp³-hybridized carbons (Fsp3) is 0.633. The first kappa shape index (κ1) is 23.9. The number of aromatic nitrogens is 2. The third kappa shape index (κ3) is 4.31. The van der Waals surface area contributed by atoms with E-state index in [2.05, 4.69) is 48.2 Å². The molecule has 36 heavy (non-hydrogen) atoms. The van der Waals surface area contributed by atoms with Crippen molar-refractivity contribution in [1.82, 2.24) is 14.9 Å². The van der Waals surface area contributed by atoms with Gasteiger partial charge in [-0.05, 0) is 91.2 Å². The molecule has 7 rings (SSSR count). The number of amides is 1. The summed E-state index contributed by atoms with van der Waals surface area (Å²) < 4.78 is 0. The molecule has 1 aliphatic heterocycles. The maximum Gasteiger partial charge on any atom is 0.254 e. The summed E-state index contributed by atoms with van der Waals surface area (Å²) in [4.78, 5) is 24.2. The Morgan fingerprint density at radius 3 is 2.33 bits per heavy atom. The van der Waals surface area contributed by atoms with E-state index in [1.165, 1.54) is 44.1 Å². The van der Waals surface area contributed by atoms with Gasteiger partial charge in [0.1, 0.15) is 12.1 Å².